The maximum absolute atomic E-state index is 5.14. The second kappa shape index (κ2) is 5.63. The van der Waals surface area contributed by atoms with Gasteiger partial charge in [0, 0.05) is 0 Å². The topological polar surface area (TPSA) is 147 Å². The second-order valence-electron chi connectivity index (χ2n) is 1.41. The van der Waals surface area contributed by atoms with Gasteiger partial charge in [0.15, 0.2) is 0 Å². The molecular weight excluding hydrogens is 175 g/mol. The van der Waals surface area contributed by atoms with E-state index in [-0.39, 0.29) is 74.7 Å². The number of rotatable bonds is 0. The van der Waals surface area contributed by atoms with E-state index in [1.807, 2.05) is 0 Å². The van der Waals surface area contributed by atoms with E-state index in [0.29, 0.717) is 0 Å². The Hall–Kier alpha value is 0.00636. The largest absolute Gasteiger partial charge is 1.00 e. The van der Waals surface area contributed by atoms with Gasteiger partial charge in [-0.2, -0.15) is 15.0 Å². The molecule has 0 radical (unpaired) electrons. The molecule has 0 saturated heterocycles. The van der Waals surface area contributed by atoms with Gasteiger partial charge in [-0.3, -0.25) is 0 Å². The van der Waals surface area contributed by atoms with Crippen molar-refractivity contribution in [2.24, 2.45) is 0 Å². The maximum atomic E-state index is 5.14. The average Bonchev–Trinajstić information content (AvgIpc) is 1.59. The van der Waals surface area contributed by atoms with Crippen molar-refractivity contribution in [2.45, 2.75) is 0 Å². The van der Waals surface area contributed by atoms with Crippen LogP contribution in [0.4, 0.5) is 17.8 Å². The van der Waals surface area contributed by atoms with E-state index in [0.717, 1.165) is 0 Å². The van der Waals surface area contributed by atoms with Crippen LogP contribution in [0, 0.1) is 0 Å². The normalized spacial score (nSPS) is 7.64. The van der Waals surface area contributed by atoms with Crippen molar-refractivity contribution in [3.8, 4) is 0 Å². The zero-order valence-electron chi connectivity index (χ0n) is 6.02. The molecular formula is C3H7KN6O. The maximum Gasteiger partial charge on any atom is 1.00 e. The van der Waals surface area contributed by atoms with E-state index in [9.17, 15) is 0 Å². The second-order valence-corrected chi connectivity index (χ2v) is 1.41. The van der Waals surface area contributed by atoms with Crippen molar-refractivity contribution in [2.75, 3.05) is 17.2 Å². The molecule has 7 nitrogen and oxygen atoms in total. The Morgan fingerprint density at radius 2 is 0.909 bits per heavy atom. The first-order valence-corrected chi connectivity index (χ1v) is 2.21. The number of nitrogens with zero attached hydrogens (tertiary/aromatic N) is 3. The minimum Gasteiger partial charge on any atom is -0.870 e. The Balaban J connectivity index is 0. The van der Waals surface area contributed by atoms with E-state index in [4.69, 9.17) is 17.2 Å². The van der Waals surface area contributed by atoms with Crippen LogP contribution in [0.2, 0.25) is 0 Å². The summed E-state index contributed by atoms with van der Waals surface area (Å²) in [4.78, 5) is 10.5. The molecule has 0 fully saturated rings. The summed E-state index contributed by atoms with van der Waals surface area (Å²) in [6, 6.07) is 0. The van der Waals surface area contributed by atoms with Gasteiger partial charge in [0.25, 0.3) is 0 Å². The predicted octanol–water partition coefficient (Wildman–Crippen LogP) is -4.55. The number of nitrogens with two attached hydrogens (primary N) is 3. The smallest absolute Gasteiger partial charge is 0.870 e. The van der Waals surface area contributed by atoms with Crippen LogP contribution in [-0.4, -0.2) is 20.4 Å². The molecule has 56 valence electrons. The standard InChI is InChI=1S/C3H6N6.K.H2O/c4-1-7-2(5)9-3(6)8-1;;/h(H6,4,5,6,7,8,9);;1H2/q;+1;/p-1. The SMILES string of the molecule is Nc1nc(N)nc(N)n1.[K+].[OH-]. The molecule has 0 aromatic carbocycles. The summed E-state index contributed by atoms with van der Waals surface area (Å²) < 4.78 is 0. The van der Waals surface area contributed by atoms with Crippen LogP contribution in [0.15, 0.2) is 0 Å². The van der Waals surface area contributed by atoms with Crippen molar-refractivity contribution in [1.29, 1.82) is 0 Å². The van der Waals surface area contributed by atoms with E-state index in [2.05, 4.69) is 15.0 Å². The summed E-state index contributed by atoms with van der Waals surface area (Å²) in [7, 11) is 0. The first kappa shape index (κ1) is 13.6. The Labute approximate surface area is 106 Å². The Morgan fingerprint density at radius 3 is 1.09 bits per heavy atom. The third kappa shape index (κ3) is 4.45. The van der Waals surface area contributed by atoms with Crippen LogP contribution in [0.3, 0.4) is 0 Å². The van der Waals surface area contributed by atoms with Crippen molar-refractivity contribution in [3.05, 3.63) is 0 Å². The van der Waals surface area contributed by atoms with Crippen LogP contribution in [0.1, 0.15) is 0 Å². The minimum atomic E-state index is 0. The summed E-state index contributed by atoms with van der Waals surface area (Å²) in [5.74, 6) is 0.125. The summed E-state index contributed by atoms with van der Waals surface area (Å²) in [6.45, 7) is 0. The molecule has 0 aliphatic carbocycles. The first-order chi connectivity index (χ1) is 4.18. The predicted molar refractivity (Wildman–Crippen MR) is 35.0 cm³/mol. The molecule has 1 rings (SSSR count). The molecule has 1 heterocycles. The van der Waals surface area contributed by atoms with Crippen molar-refractivity contribution >= 4 is 17.8 Å². The summed E-state index contributed by atoms with van der Waals surface area (Å²) in [5.41, 5.74) is 15.4. The van der Waals surface area contributed by atoms with E-state index >= 15 is 0 Å². The molecule has 0 unspecified atom stereocenters. The van der Waals surface area contributed by atoms with Crippen LogP contribution in [0.5, 0.6) is 0 Å². The van der Waals surface area contributed by atoms with Gasteiger partial charge in [0.2, 0.25) is 17.8 Å². The number of hydrogen-bond donors (Lipinski definition) is 3. The first-order valence-electron chi connectivity index (χ1n) is 2.21. The fourth-order valence-electron chi connectivity index (χ4n) is 0.427. The number of anilines is 3. The third-order valence-electron chi connectivity index (χ3n) is 0.687. The van der Waals surface area contributed by atoms with Gasteiger partial charge in [-0.15, -0.1) is 0 Å². The minimum absolute atomic E-state index is 0. The van der Waals surface area contributed by atoms with E-state index < -0.39 is 0 Å². The zero-order valence-corrected chi connectivity index (χ0v) is 9.14. The Kier molecular flexibility index (Phi) is 6.95. The van der Waals surface area contributed by atoms with Crippen LogP contribution in [-0.2, 0) is 0 Å². The molecule has 1 aromatic heterocycles. The van der Waals surface area contributed by atoms with Crippen LogP contribution < -0.4 is 68.6 Å². The number of nitrogen functional groups attached to an aromatic ring is 3. The molecule has 0 bridgehead atoms. The quantitative estimate of drug-likeness (QED) is 0.342. The van der Waals surface area contributed by atoms with Crippen molar-refractivity contribution in [1.82, 2.24) is 15.0 Å². The molecule has 0 aliphatic heterocycles. The van der Waals surface area contributed by atoms with Gasteiger partial charge < -0.3 is 22.7 Å². The molecule has 0 spiro atoms. The van der Waals surface area contributed by atoms with Crippen LogP contribution >= 0.6 is 0 Å². The van der Waals surface area contributed by atoms with Crippen LogP contribution in [0.25, 0.3) is 0 Å². The number of aromatic nitrogens is 3. The third-order valence-corrected chi connectivity index (χ3v) is 0.687. The molecule has 0 atom stereocenters. The Bertz CT molecular complexity index is 179. The van der Waals surface area contributed by atoms with Gasteiger partial charge in [-0.25, -0.2) is 0 Å². The fraction of sp³-hybridized carbons (Fsp3) is 0. The van der Waals surface area contributed by atoms with Gasteiger partial charge in [-0.1, -0.05) is 0 Å². The van der Waals surface area contributed by atoms with Crippen molar-refractivity contribution < 1.29 is 56.9 Å². The molecule has 7 N–H and O–H groups in total. The fourth-order valence-corrected chi connectivity index (χ4v) is 0.427. The molecule has 11 heavy (non-hydrogen) atoms. The van der Waals surface area contributed by atoms with E-state index in [1.54, 1.807) is 0 Å². The van der Waals surface area contributed by atoms with E-state index in [1.165, 1.54) is 0 Å². The van der Waals surface area contributed by atoms with Crippen molar-refractivity contribution in [3.63, 3.8) is 0 Å². The zero-order chi connectivity index (χ0) is 6.85. The summed E-state index contributed by atoms with van der Waals surface area (Å²) in [6.07, 6.45) is 0. The summed E-state index contributed by atoms with van der Waals surface area (Å²) in [5, 5.41) is 0. The van der Waals surface area contributed by atoms with Gasteiger partial charge in [0.05, 0.1) is 0 Å². The average molecular weight is 182 g/mol. The summed E-state index contributed by atoms with van der Waals surface area (Å²) >= 11 is 0. The molecule has 0 saturated carbocycles. The number of hydrogen-bond acceptors (Lipinski definition) is 7. The molecule has 0 amide bonds. The Morgan fingerprint density at radius 1 is 0.727 bits per heavy atom. The van der Waals surface area contributed by atoms with Gasteiger partial charge in [0.1, 0.15) is 0 Å². The van der Waals surface area contributed by atoms with Gasteiger partial charge >= 0.3 is 51.4 Å². The molecule has 0 aliphatic rings. The molecule has 1 aromatic rings. The molecule has 8 heteroatoms. The van der Waals surface area contributed by atoms with Gasteiger partial charge in [-0.05, 0) is 0 Å². The monoisotopic (exact) mass is 182 g/mol.